The van der Waals surface area contributed by atoms with Crippen molar-refractivity contribution in [2.24, 2.45) is 5.92 Å². The maximum atomic E-state index is 11.4. The number of aliphatic hydroxyl groups excluding tert-OH is 14. The van der Waals surface area contributed by atoms with Gasteiger partial charge in [0.25, 0.3) is 0 Å². The Hall–Kier alpha value is -0.960. The van der Waals surface area contributed by atoms with Gasteiger partial charge in [0, 0.05) is 26.6 Å². The zero-order chi connectivity index (χ0) is 41.9. The summed E-state index contributed by atoms with van der Waals surface area (Å²) in [4.78, 5) is 0. The minimum Gasteiger partial charge on any atom is -0.394 e. The van der Waals surface area contributed by atoms with E-state index in [4.69, 9.17) is 47.4 Å². The number of hydrogen-bond acceptors (Lipinski definition) is 24. The van der Waals surface area contributed by atoms with Gasteiger partial charge in [-0.25, -0.2) is 0 Å². The van der Waals surface area contributed by atoms with Crippen molar-refractivity contribution in [1.82, 2.24) is 0 Å². The highest BCUT2D eigenvalue weighted by Crippen LogP contribution is 2.37. The van der Waals surface area contributed by atoms with Crippen LogP contribution in [0.3, 0.4) is 0 Å². The molecule has 57 heavy (non-hydrogen) atoms. The molecular formula is C33H57O24. The van der Waals surface area contributed by atoms with E-state index in [0.717, 1.165) is 6.42 Å². The Morgan fingerprint density at radius 1 is 0.439 bits per heavy atom. The molecule has 0 bridgehead atoms. The molecule has 0 saturated carbocycles. The third-order valence-electron chi connectivity index (χ3n) is 11.0. The van der Waals surface area contributed by atoms with Crippen molar-refractivity contribution in [1.29, 1.82) is 0 Å². The summed E-state index contributed by atoms with van der Waals surface area (Å²) in [5.74, 6) is -0.988. The van der Waals surface area contributed by atoms with E-state index in [2.05, 4.69) is 0 Å². The standard InChI is InChI=1S/C33H57O24/c1-48-28-15(7-36)51-12(19(39)22(28)42)3-10-11(38)4-18(52-13(10)5-34)56-30-17(9-50-32-25(45)21(41)20(40)14(6-35)53-32)55-33(27(47)24(30)44)57-29-16(8-37)54-31(49-2)26(46)23(29)43/h4,10-47H,3,5-9H2,1-2H3/t10-,11?,12-,13-,14?,15?,16-,17?,18-,19?,20-,21-,22+,23?,24+,25?,26?,27?,28+,29+,30+,31+,32-,33-/m0/s1. The van der Waals surface area contributed by atoms with E-state index in [0.29, 0.717) is 0 Å². The van der Waals surface area contributed by atoms with Crippen LogP contribution in [-0.4, -0.2) is 260 Å². The first-order valence-electron chi connectivity index (χ1n) is 18.5. The molecule has 5 aliphatic rings. The molecule has 0 aromatic heterocycles. The van der Waals surface area contributed by atoms with Gasteiger partial charge in [0.05, 0.1) is 51.3 Å². The maximum absolute atomic E-state index is 11.4. The van der Waals surface area contributed by atoms with Crippen LogP contribution in [0.5, 0.6) is 0 Å². The zero-order valence-electron chi connectivity index (χ0n) is 31.0. The Kier molecular flexibility index (Phi) is 17.1. The van der Waals surface area contributed by atoms with E-state index in [9.17, 15) is 71.5 Å². The lowest BCUT2D eigenvalue weighted by molar-refractivity contribution is -0.374. The molecule has 0 spiro atoms. The lowest BCUT2D eigenvalue weighted by Gasteiger charge is -2.48. The minimum absolute atomic E-state index is 0.200. The van der Waals surface area contributed by atoms with E-state index >= 15 is 0 Å². The van der Waals surface area contributed by atoms with Crippen molar-refractivity contribution < 1.29 is 119 Å². The average Bonchev–Trinajstić information content (AvgIpc) is 3.20. The highest BCUT2D eigenvalue weighted by molar-refractivity contribution is 5.01. The Morgan fingerprint density at radius 3 is 1.54 bits per heavy atom. The van der Waals surface area contributed by atoms with Crippen LogP contribution in [0.2, 0.25) is 0 Å². The van der Waals surface area contributed by atoms with Gasteiger partial charge in [-0.15, -0.1) is 0 Å². The zero-order valence-corrected chi connectivity index (χ0v) is 31.0. The molecule has 5 aliphatic heterocycles. The quantitative estimate of drug-likeness (QED) is 0.0728. The van der Waals surface area contributed by atoms with Crippen molar-refractivity contribution in [3.05, 3.63) is 6.42 Å². The molecule has 9 unspecified atom stereocenters. The van der Waals surface area contributed by atoms with Gasteiger partial charge >= 0.3 is 0 Å². The fourth-order valence-corrected chi connectivity index (χ4v) is 7.75. The van der Waals surface area contributed by atoms with E-state index in [1.807, 2.05) is 0 Å². The van der Waals surface area contributed by atoms with Gasteiger partial charge in [0.1, 0.15) is 97.7 Å². The molecule has 0 aromatic rings. The van der Waals surface area contributed by atoms with Gasteiger partial charge in [-0.2, -0.15) is 0 Å². The van der Waals surface area contributed by atoms with E-state index < -0.39 is 180 Å². The summed E-state index contributed by atoms with van der Waals surface area (Å²) in [5, 5.41) is 147. The van der Waals surface area contributed by atoms with Gasteiger partial charge in [-0.05, 0) is 6.42 Å². The number of ether oxygens (including phenoxy) is 10. The predicted molar refractivity (Wildman–Crippen MR) is 178 cm³/mol. The van der Waals surface area contributed by atoms with Crippen molar-refractivity contribution >= 4 is 0 Å². The third kappa shape index (κ3) is 10.1. The highest BCUT2D eigenvalue weighted by Gasteiger charge is 2.54. The minimum atomic E-state index is -2.01. The van der Waals surface area contributed by atoms with Gasteiger partial charge in [0.15, 0.2) is 25.2 Å². The second-order valence-corrected chi connectivity index (χ2v) is 14.6. The molecule has 24 atom stereocenters. The Balaban J connectivity index is 1.33. The number of methoxy groups -OCH3 is 2. The smallest absolute Gasteiger partial charge is 0.187 e. The number of rotatable bonds is 15. The Morgan fingerprint density at radius 2 is 0.947 bits per heavy atom. The summed E-state index contributed by atoms with van der Waals surface area (Å²) in [5.41, 5.74) is 0. The Labute approximate surface area is 326 Å². The molecule has 0 aromatic carbocycles. The fraction of sp³-hybridized carbons (Fsp3) is 0.970. The summed E-state index contributed by atoms with van der Waals surface area (Å²) >= 11 is 0. The van der Waals surface area contributed by atoms with Crippen LogP contribution in [-0.2, 0) is 47.4 Å². The first-order chi connectivity index (χ1) is 27.1. The van der Waals surface area contributed by atoms with Crippen LogP contribution in [0.25, 0.3) is 0 Å². The summed E-state index contributed by atoms with van der Waals surface area (Å²) in [7, 11) is 2.45. The monoisotopic (exact) mass is 837 g/mol. The summed E-state index contributed by atoms with van der Waals surface area (Å²) in [6.45, 7) is -3.54. The molecule has 5 saturated heterocycles. The van der Waals surface area contributed by atoms with Crippen LogP contribution in [0.1, 0.15) is 6.42 Å². The summed E-state index contributed by atoms with van der Waals surface area (Å²) in [6, 6.07) is 0. The molecular weight excluding hydrogens is 780 g/mol. The van der Waals surface area contributed by atoms with E-state index in [1.54, 1.807) is 0 Å². The van der Waals surface area contributed by atoms with Gasteiger partial charge in [0.2, 0.25) is 0 Å². The normalized spacial score (nSPS) is 51.2. The molecule has 24 heteroatoms. The summed E-state index contributed by atoms with van der Waals surface area (Å²) in [6.07, 6.45) is -34.9. The van der Waals surface area contributed by atoms with Crippen LogP contribution >= 0.6 is 0 Å². The van der Waals surface area contributed by atoms with E-state index in [1.165, 1.54) is 14.2 Å². The molecule has 1 radical (unpaired) electrons. The van der Waals surface area contributed by atoms with Crippen molar-refractivity contribution in [2.75, 3.05) is 47.3 Å². The second kappa shape index (κ2) is 20.7. The van der Waals surface area contributed by atoms with Crippen molar-refractivity contribution in [3.8, 4) is 0 Å². The molecule has 333 valence electrons. The predicted octanol–water partition coefficient (Wildman–Crippen LogP) is -9.11. The van der Waals surface area contributed by atoms with Gasteiger partial charge in [-0.1, -0.05) is 0 Å². The topological polar surface area (TPSA) is 376 Å². The number of aliphatic hydroxyl groups is 14. The summed E-state index contributed by atoms with van der Waals surface area (Å²) < 4.78 is 55.9. The Bertz CT molecular complexity index is 1200. The SMILES string of the molecule is CO[C@@H]1O[C@@H](CO)[C@@H](O[C@@H]2OC(CO[C@H]3OC(CO)[C@H](O)[C@H](O)C3O)[C@@H](O[C@H]3[CH]C(O)[C@H](C[C@@H]4OC(CO)[C@@H](OC)[C@H](O)C4O)[C@H](CO)O3)[C@H](O)C2O)C(O)C1O. The largest absolute Gasteiger partial charge is 0.394 e. The van der Waals surface area contributed by atoms with Gasteiger partial charge in [-0.3, -0.25) is 0 Å². The molecule has 0 amide bonds. The van der Waals surface area contributed by atoms with Crippen molar-refractivity contribution in [2.45, 2.75) is 148 Å². The second-order valence-electron chi connectivity index (χ2n) is 14.6. The molecule has 24 nitrogen and oxygen atoms in total. The van der Waals surface area contributed by atoms with Crippen LogP contribution in [0, 0.1) is 12.3 Å². The van der Waals surface area contributed by atoms with Gasteiger partial charge < -0.3 is 119 Å². The third-order valence-corrected chi connectivity index (χ3v) is 11.0. The molecule has 5 heterocycles. The average molecular weight is 838 g/mol. The van der Waals surface area contributed by atoms with Crippen LogP contribution in [0.15, 0.2) is 0 Å². The highest BCUT2D eigenvalue weighted by atomic mass is 16.8. The molecule has 5 rings (SSSR count). The first kappa shape index (κ1) is 47.1. The lowest BCUT2D eigenvalue weighted by Crippen LogP contribution is -2.66. The maximum Gasteiger partial charge on any atom is 0.187 e. The first-order valence-corrected chi connectivity index (χ1v) is 18.5. The molecule has 5 fully saturated rings. The number of hydrogen-bond donors (Lipinski definition) is 14. The molecule has 14 N–H and O–H groups in total. The fourth-order valence-electron chi connectivity index (χ4n) is 7.75. The van der Waals surface area contributed by atoms with Crippen molar-refractivity contribution in [3.63, 3.8) is 0 Å². The molecule has 0 aliphatic carbocycles. The van der Waals surface area contributed by atoms with E-state index in [-0.39, 0.29) is 6.42 Å². The lowest BCUT2D eigenvalue weighted by atomic mass is 9.82. The van der Waals surface area contributed by atoms with Crippen LogP contribution < -0.4 is 0 Å². The van der Waals surface area contributed by atoms with Crippen LogP contribution in [0.4, 0.5) is 0 Å².